The molecule has 0 aliphatic heterocycles. The first-order chi connectivity index (χ1) is 17.4. The minimum Gasteiger partial charge on any atom is -0.462 e. The predicted molar refractivity (Wildman–Crippen MR) is 149 cm³/mol. The lowest BCUT2D eigenvalue weighted by atomic mass is 9.60. The number of rotatable bonds is 7. The van der Waals surface area contributed by atoms with E-state index in [1.165, 1.54) is 96.3 Å². The lowest BCUT2D eigenvalue weighted by Gasteiger charge is -2.47. The van der Waals surface area contributed by atoms with Gasteiger partial charge in [0.15, 0.2) is 0 Å². The van der Waals surface area contributed by atoms with Crippen molar-refractivity contribution in [3.63, 3.8) is 0 Å². The molecular formula is C32H54O4. The molecule has 0 heterocycles. The fraction of sp³-hybridized carbons (Fsp3) is 0.812. The molecule has 2 atom stereocenters. The van der Waals surface area contributed by atoms with Crippen LogP contribution in [0.3, 0.4) is 0 Å². The maximum absolute atomic E-state index is 12.7. The summed E-state index contributed by atoms with van der Waals surface area (Å²) in [6, 6.07) is 0. The lowest BCUT2D eigenvalue weighted by molar-refractivity contribution is -0.154. The summed E-state index contributed by atoms with van der Waals surface area (Å²) in [5, 5.41) is 0. The first kappa shape index (κ1) is 30.6. The van der Waals surface area contributed by atoms with Crippen molar-refractivity contribution in [3.8, 4) is 0 Å². The Morgan fingerprint density at radius 2 is 1.06 bits per heavy atom. The molecule has 2 aliphatic rings. The molecule has 206 valence electrons. The smallest absolute Gasteiger partial charge is 0.333 e. The Labute approximate surface area is 221 Å². The molecule has 2 fully saturated rings. The van der Waals surface area contributed by atoms with E-state index in [1.807, 2.05) is 0 Å². The molecule has 0 aromatic carbocycles. The van der Waals surface area contributed by atoms with Gasteiger partial charge in [0.25, 0.3) is 0 Å². The van der Waals surface area contributed by atoms with E-state index in [0.717, 1.165) is 25.7 Å². The van der Waals surface area contributed by atoms with Gasteiger partial charge in [-0.15, -0.1) is 0 Å². The molecule has 0 spiro atoms. The van der Waals surface area contributed by atoms with Gasteiger partial charge >= 0.3 is 11.9 Å². The van der Waals surface area contributed by atoms with Crippen LogP contribution in [0.5, 0.6) is 0 Å². The van der Waals surface area contributed by atoms with Crippen molar-refractivity contribution < 1.29 is 19.1 Å². The van der Waals surface area contributed by atoms with E-state index >= 15 is 0 Å². The summed E-state index contributed by atoms with van der Waals surface area (Å²) in [6.45, 7) is 11.9. The van der Waals surface area contributed by atoms with Crippen molar-refractivity contribution in [2.24, 2.45) is 17.3 Å². The number of hydrogen-bond acceptors (Lipinski definition) is 4. The largest absolute Gasteiger partial charge is 0.462 e. The van der Waals surface area contributed by atoms with E-state index in [2.05, 4.69) is 13.2 Å². The average molecular weight is 503 g/mol. The summed E-state index contributed by atoms with van der Waals surface area (Å²) in [5.41, 5.74) is 0.731. The van der Waals surface area contributed by atoms with E-state index in [1.54, 1.807) is 13.8 Å². The summed E-state index contributed by atoms with van der Waals surface area (Å²) in [5.74, 6) is 0.0624. The standard InChI is InChI=1S/C32H54O4/c1-26(2)30(33)35-24-29-22-18-14-10-7-11-15-19-23-32(29,25-36-31(34)27(3)4)28-20-16-12-8-5-6-9-13-17-21-28/h28-29H,1,3,5-25H2,2,4H3. The van der Waals surface area contributed by atoms with Crippen molar-refractivity contribution in [2.45, 2.75) is 136 Å². The van der Waals surface area contributed by atoms with Gasteiger partial charge in [-0.3, -0.25) is 0 Å². The summed E-state index contributed by atoms with van der Waals surface area (Å²) in [7, 11) is 0. The van der Waals surface area contributed by atoms with Crippen molar-refractivity contribution >= 4 is 11.9 Å². The Morgan fingerprint density at radius 1 is 0.639 bits per heavy atom. The van der Waals surface area contributed by atoms with E-state index in [9.17, 15) is 9.59 Å². The zero-order valence-corrected chi connectivity index (χ0v) is 23.6. The van der Waals surface area contributed by atoms with Gasteiger partial charge < -0.3 is 9.47 Å². The molecule has 2 saturated carbocycles. The molecule has 0 aromatic rings. The van der Waals surface area contributed by atoms with Crippen LogP contribution < -0.4 is 0 Å². The molecule has 4 nitrogen and oxygen atoms in total. The summed E-state index contributed by atoms with van der Waals surface area (Å²) in [6.07, 6.45) is 23.4. The highest BCUT2D eigenvalue weighted by Crippen LogP contribution is 2.49. The number of ether oxygens (including phenoxy) is 2. The zero-order valence-electron chi connectivity index (χ0n) is 23.6. The van der Waals surface area contributed by atoms with Gasteiger partial charge in [0, 0.05) is 22.5 Å². The predicted octanol–water partition coefficient (Wildman–Crippen LogP) is 8.88. The van der Waals surface area contributed by atoms with Crippen LogP contribution in [0.2, 0.25) is 0 Å². The third kappa shape index (κ3) is 10.4. The molecule has 0 radical (unpaired) electrons. The topological polar surface area (TPSA) is 52.6 Å². The molecule has 2 rings (SSSR count). The second-order valence-electron chi connectivity index (χ2n) is 11.8. The molecule has 36 heavy (non-hydrogen) atoms. The second kappa shape index (κ2) is 17.0. The monoisotopic (exact) mass is 502 g/mol. The minimum absolute atomic E-state index is 0.168. The molecule has 0 aromatic heterocycles. The van der Waals surface area contributed by atoms with Crippen molar-refractivity contribution in [1.82, 2.24) is 0 Å². The first-order valence-corrected chi connectivity index (χ1v) is 15.0. The van der Waals surface area contributed by atoms with Crippen LogP contribution in [0, 0.1) is 17.3 Å². The summed E-state index contributed by atoms with van der Waals surface area (Å²) >= 11 is 0. The number of carbonyl (C=O) groups is 2. The maximum atomic E-state index is 12.7. The Balaban J connectivity index is 2.44. The van der Waals surface area contributed by atoms with Gasteiger partial charge in [-0.2, -0.15) is 0 Å². The van der Waals surface area contributed by atoms with E-state index in [-0.39, 0.29) is 23.3 Å². The number of hydrogen-bond donors (Lipinski definition) is 0. The highest BCUT2D eigenvalue weighted by molar-refractivity contribution is 5.87. The lowest BCUT2D eigenvalue weighted by Crippen LogP contribution is -2.45. The molecule has 4 heteroatoms. The van der Waals surface area contributed by atoms with E-state index in [4.69, 9.17) is 9.47 Å². The zero-order chi connectivity index (χ0) is 26.2. The molecule has 0 saturated heterocycles. The van der Waals surface area contributed by atoms with Gasteiger partial charge in [0.05, 0.1) is 13.2 Å². The van der Waals surface area contributed by atoms with Crippen LogP contribution in [0.15, 0.2) is 24.3 Å². The second-order valence-corrected chi connectivity index (χ2v) is 11.8. The molecular weight excluding hydrogens is 448 g/mol. The van der Waals surface area contributed by atoms with Crippen LogP contribution in [0.25, 0.3) is 0 Å². The van der Waals surface area contributed by atoms with Crippen molar-refractivity contribution in [2.75, 3.05) is 13.2 Å². The fourth-order valence-electron chi connectivity index (χ4n) is 6.50. The molecule has 0 bridgehead atoms. The first-order valence-electron chi connectivity index (χ1n) is 15.0. The quantitative estimate of drug-likeness (QED) is 0.258. The van der Waals surface area contributed by atoms with Crippen LogP contribution in [0.1, 0.15) is 136 Å². The van der Waals surface area contributed by atoms with Gasteiger partial charge in [0.2, 0.25) is 0 Å². The van der Waals surface area contributed by atoms with Gasteiger partial charge in [-0.25, -0.2) is 9.59 Å². The Bertz CT molecular complexity index is 684. The Kier molecular flexibility index (Phi) is 14.5. The molecule has 2 unspecified atom stereocenters. The van der Waals surface area contributed by atoms with E-state index in [0.29, 0.717) is 30.3 Å². The maximum Gasteiger partial charge on any atom is 0.333 e. The molecule has 2 aliphatic carbocycles. The van der Waals surface area contributed by atoms with Crippen molar-refractivity contribution in [3.05, 3.63) is 24.3 Å². The number of carbonyl (C=O) groups excluding carboxylic acids is 2. The molecule has 0 amide bonds. The highest BCUT2D eigenvalue weighted by atomic mass is 16.5. The molecule has 0 N–H and O–H groups in total. The van der Waals surface area contributed by atoms with E-state index < -0.39 is 0 Å². The summed E-state index contributed by atoms with van der Waals surface area (Å²) < 4.78 is 11.9. The Morgan fingerprint density at radius 3 is 1.56 bits per heavy atom. The minimum atomic E-state index is -0.306. The SMILES string of the molecule is C=C(C)C(=O)OCC1CCCCCCCCCC1(COC(=O)C(=C)C)C1CCCCCCCCCC1. The summed E-state index contributed by atoms with van der Waals surface area (Å²) in [4.78, 5) is 25.1. The third-order valence-electron chi connectivity index (χ3n) is 8.76. The number of esters is 2. The van der Waals surface area contributed by atoms with Crippen LogP contribution in [-0.4, -0.2) is 25.2 Å². The third-order valence-corrected chi connectivity index (χ3v) is 8.76. The van der Waals surface area contributed by atoms with Crippen molar-refractivity contribution in [1.29, 1.82) is 0 Å². The Hall–Kier alpha value is -1.58. The van der Waals surface area contributed by atoms with Crippen LogP contribution in [-0.2, 0) is 19.1 Å². The van der Waals surface area contributed by atoms with Gasteiger partial charge in [-0.05, 0) is 45.4 Å². The van der Waals surface area contributed by atoms with Crippen LogP contribution in [0.4, 0.5) is 0 Å². The highest BCUT2D eigenvalue weighted by Gasteiger charge is 2.46. The average Bonchev–Trinajstić information content (AvgIpc) is 2.95. The normalized spacial score (nSPS) is 26.0. The van der Waals surface area contributed by atoms with Crippen LogP contribution >= 0.6 is 0 Å². The van der Waals surface area contributed by atoms with Gasteiger partial charge in [0.1, 0.15) is 0 Å². The fourth-order valence-corrected chi connectivity index (χ4v) is 6.50. The van der Waals surface area contributed by atoms with Gasteiger partial charge in [-0.1, -0.05) is 109 Å².